The molecule has 1 N–H and O–H groups in total. The fourth-order valence-electron chi connectivity index (χ4n) is 3.73. The molecule has 142 valence electrons. The number of anilines is 1. The van der Waals surface area contributed by atoms with Crippen molar-refractivity contribution < 1.29 is 5.11 Å². The van der Waals surface area contributed by atoms with E-state index in [1.165, 1.54) is 57.1 Å². The number of β-amino-alcohol motifs (C(OH)–C–C–N with tert-alkyl or cyclic N) is 1. The van der Waals surface area contributed by atoms with Gasteiger partial charge < -0.3 is 10.0 Å². The van der Waals surface area contributed by atoms with Gasteiger partial charge in [0.1, 0.15) is 0 Å². The Morgan fingerprint density at radius 1 is 0.840 bits per heavy atom. The van der Waals surface area contributed by atoms with Gasteiger partial charge in [-0.05, 0) is 18.6 Å². The molecule has 2 rings (SSSR count). The molecule has 1 saturated heterocycles. The number of hydrogen-bond donors (Lipinski definition) is 1. The van der Waals surface area contributed by atoms with Crippen molar-refractivity contribution >= 4 is 5.69 Å². The average molecular weight is 347 g/mol. The Morgan fingerprint density at radius 2 is 1.44 bits per heavy atom. The number of unbranched alkanes of at least 4 members (excludes halogenated alkanes) is 7. The van der Waals surface area contributed by atoms with Gasteiger partial charge >= 0.3 is 0 Å². The van der Waals surface area contributed by atoms with Crippen molar-refractivity contribution in [1.82, 2.24) is 4.90 Å². The standard InChI is InChI=1S/C22H38N2O/c1-2-3-4-5-6-7-8-12-15-22(25)20-23-16-18-24(19-17-23)21-13-10-9-11-14-21/h9-11,13-14,22,25H,2-8,12,15-20H2,1H3. The first kappa shape index (κ1) is 20.3. The van der Waals surface area contributed by atoms with Gasteiger partial charge in [-0.3, -0.25) is 4.90 Å². The van der Waals surface area contributed by atoms with E-state index in [0.29, 0.717) is 0 Å². The third-order valence-corrected chi connectivity index (χ3v) is 5.35. The number of nitrogens with zero attached hydrogens (tertiary/aromatic N) is 2. The van der Waals surface area contributed by atoms with Gasteiger partial charge in [0, 0.05) is 38.4 Å². The van der Waals surface area contributed by atoms with Gasteiger partial charge in [0.15, 0.2) is 0 Å². The van der Waals surface area contributed by atoms with Crippen LogP contribution in [0.3, 0.4) is 0 Å². The van der Waals surface area contributed by atoms with Crippen LogP contribution in [0.25, 0.3) is 0 Å². The molecule has 3 heteroatoms. The van der Waals surface area contributed by atoms with Crippen LogP contribution in [0.2, 0.25) is 0 Å². The molecule has 0 bridgehead atoms. The van der Waals surface area contributed by atoms with Gasteiger partial charge in [0.05, 0.1) is 6.10 Å². The van der Waals surface area contributed by atoms with E-state index in [4.69, 9.17) is 0 Å². The number of aliphatic hydroxyl groups is 1. The number of piperazine rings is 1. The largest absolute Gasteiger partial charge is 0.392 e. The van der Waals surface area contributed by atoms with Gasteiger partial charge in [-0.2, -0.15) is 0 Å². The molecular formula is C22H38N2O. The summed E-state index contributed by atoms with van der Waals surface area (Å²) in [6, 6.07) is 10.7. The van der Waals surface area contributed by atoms with E-state index < -0.39 is 0 Å². The first-order chi connectivity index (χ1) is 12.3. The van der Waals surface area contributed by atoms with E-state index in [9.17, 15) is 5.11 Å². The Balaban J connectivity index is 1.50. The first-order valence-corrected chi connectivity index (χ1v) is 10.5. The lowest BCUT2D eigenvalue weighted by Crippen LogP contribution is -2.48. The lowest BCUT2D eigenvalue weighted by molar-refractivity contribution is 0.0996. The SMILES string of the molecule is CCCCCCCCCCC(O)CN1CCN(c2ccccc2)CC1. The molecule has 0 saturated carbocycles. The second-order valence-corrected chi connectivity index (χ2v) is 7.54. The molecule has 1 aliphatic rings. The number of benzene rings is 1. The summed E-state index contributed by atoms with van der Waals surface area (Å²) in [4.78, 5) is 4.87. The van der Waals surface area contributed by atoms with Crippen molar-refractivity contribution in [3.05, 3.63) is 30.3 Å². The summed E-state index contributed by atoms with van der Waals surface area (Å²) in [6.45, 7) is 7.36. The Kier molecular flexibility index (Phi) is 9.98. The summed E-state index contributed by atoms with van der Waals surface area (Å²) < 4.78 is 0. The van der Waals surface area contributed by atoms with Crippen LogP contribution in [0.5, 0.6) is 0 Å². The van der Waals surface area contributed by atoms with Crippen LogP contribution in [0.4, 0.5) is 5.69 Å². The quantitative estimate of drug-likeness (QED) is 0.556. The lowest BCUT2D eigenvalue weighted by Gasteiger charge is -2.37. The van der Waals surface area contributed by atoms with Gasteiger partial charge in [-0.25, -0.2) is 0 Å². The number of aliphatic hydroxyl groups excluding tert-OH is 1. The molecule has 1 fully saturated rings. The minimum absolute atomic E-state index is 0.150. The van der Waals surface area contributed by atoms with Crippen LogP contribution in [-0.4, -0.2) is 48.8 Å². The van der Waals surface area contributed by atoms with E-state index in [-0.39, 0.29) is 6.10 Å². The molecule has 25 heavy (non-hydrogen) atoms. The topological polar surface area (TPSA) is 26.7 Å². The first-order valence-electron chi connectivity index (χ1n) is 10.5. The maximum atomic E-state index is 10.3. The highest BCUT2D eigenvalue weighted by Crippen LogP contribution is 2.16. The third kappa shape index (κ3) is 8.24. The van der Waals surface area contributed by atoms with Gasteiger partial charge in [-0.1, -0.05) is 76.5 Å². The summed E-state index contributed by atoms with van der Waals surface area (Å²) >= 11 is 0. The molecule has 0 spiro atoms. The zero-order valence-electron chi connectivity index (χ0n) is 16.2. The fourth-order valence-corrected chi connectivity index (χ4v) is 3.73. The normalized spacial score (nSPS) is 17.0. The van der Waals surface area contributed by atoms with Crippen molar-refractivity contribution in [1.29, 1.82) is 0 Å². The molecule has 0 aromatic heterocycles. The minimum Gasteiger partial charge on any atom is -0.392 e. The summed E-state index contributed by atoms with van der Waals surface area (Å²) in [7, 11) is 0. The molecule has 1 aromatic rings. The molecule has 1 aromatic carbocycles. The highest BCUT2D eigenvalue weighted by atomic mass is 16.3. The van der Waals surface area contributed by atoms with Gasteiger partial charge in [0.2, 0.25) is 0 Å². The highest BCUT2D eigenvalue weighted by Gasteiger charge is 2.19. The van der Waals surface area contributed by atoms with E-state index in [0.717, 1.165) is 39.1 Å². The van der Waals surface area contributed by atoms with Crippen LogP contribution in [-0.2, 0) is 0 Å². The van der Waals surface area contributed by atoms with Crippen molar-refractivity contribution in [2.75, 3.05) is 37.6 Å². The summed E-state index contributed by atoms with van der Waals surface area (Å²) in [5.41, 5.74) is 1.32. The van der Waals surface area contributed by atoms with Gasteiger partial charge in [-0.15, -0.1) is 0 Å². The Labute approximate surface area is 155 Å². The summed E-state index contributed by atoms with van der Waals surface area (Å²) in [6.07, 6.45) is 11.5. The number of para-hydroxylation sites is 1. The Bertz CT molecular complexity index is 429. The monoisotopic (exact) mass is 346 g/mol. The summed E-state index contributed by atoms with van der Waals surface area (Å²) in [5, 5.41) is 10.3. The van der Waals surface area contributed by atoms with Crippen LogP contribution in [0, 0.1) is 0 Å². The molecule has 1 unspecified atom stereocenters. The van der Waals surface area contributed by atoms with Crippen molar-refractivity contribution in [2.24, 2.45) is 0 Å². The molecule has 1 heterocycles. The Hall–Kier alpha value is -1.06. The van der Waals surface area contributed by atoms with E-state index in [1.54, 1.807) is 0 Å². The number of hydrogen-bond acceptors (Lipinski definition) is 3. The van der Waals surface area contributed by atoms with E-state index in [2.05, 4.69) is 47.1 Å². The maximum Gasteiger partial charge on any atom is 0.0667 e. The third-order valence-electron chi connectivity index (χ3n) is 5.35. The smallest absolute Gasteiger partial charge is 0.0667 e. The highest BCUT2D eigenvalue weighted by molar-refractivity contribution is 5.46. The number of rotatable bonds is 12. The summed E-state index contributed by atoms with van der Waals surface area (Å²) in [5.74, 6) is 0. The fraction of sp³-hybridized carbons (Fsp3) is 0.727. The maximum absolute atomic E-state index is 10.3. The minimum atomic E-state index is -0.150. The predicted octanol–water partition coefficient (Wildman–Crippen LogP) is 4.70. The van der Waals surface area contributed by atoms with Crippen molar-refractivity contribution in [3.8, 4) is 0 Å². The molecular weight excluding hydrogens is 308 g/mol. The van der Waals surface area contributed by atoms with Crippen LogP contribution >= 0.6 is 0 Å². The predicted molar refractivity (Wildman–Crippen MR) is 108 cm³/mol. The molecule has 1 aliphatic heterocycles. The zero-order valence-corrected chi connectivity index (χ0v) is 16.2. The molecule has 0 aliphatic carbocycles. The van der Waals surface area contributed by atoms with E-state index in [1.807, 2.05) is 0 Å². The van der Waals surface area contributed by atoms with Gasteiger partial charge in [0.25, 0.3) is 0 Å². The van der Waals surface area contributed by atoms with Crippen molar-refractivity contribution in [2.45, 2.75) is 70.8 Å². The van der Waals surface area contributed by atoms with Crippen molar-refractivity contribution in [3.63, 3.8) is 0 Å². The molecule has 1 atom stereocenters. The van der Waals surface area contributed by atoms with E-state index >= 15 is 0 Å². The molecule has 0 amide bonds. The lowest BCUT2D eigenvalue weighted by atomic mass is 10.1. The second kappa shape index (κ2) is 12.3. The average Bonchev–Trinajstić information content (AvgIpc) is 2.65. The van der Waals surface area contributed by atoms with Crippen LogP contribution in [0.1, 0.15) is 64.7 Å². The molecule has 0 radical (unpaired) electrons. The Morgan fingerprint density at radius 3 is 2.08 bits per heavy atom. The van der Waals surface area contributed by atoms with Crippen LogP contribution in [0.15, 0.2) is 30.3 Å². The second-order valence-electron chi connectivity index (χ2n) is 7.54. The molecule has 3 nitrogen and oxygen atoms in total. The van der Waals surface area contributed by atoms with Crippen LogP contribution < -0.4 is 4.90 Å². The zero-order chi connectivity index (χ0) is 17.7.